The number of amides is 2. The Morgan fingerprint density at radius 3 is 2.22 bits per heavy atom. The number of carbonyl (C=O) groups is 2. The van der Waals surface area contributed by atoms with Gasteiger partial charge in [-0.3, -0.25) is 19.7 Å². The van der Waals surface area contributed by atoms with Gasteiger partial charge in [-0.15, -0.1) is 0 Å². The number of rotatable bonds is 16. The van der Waals surface area contributed by atoms with Crippen LogP contribution in [0.5, 0.6) is 0 Å². The van der Waals surface area contributed by atoms with E-state index in [4.69, 9.17) is 14.7 Å². The van der Waals surface area contributed by atoms with Gasteiger partial charge in [0.2, 0.25) is 11.8 Å². The summed E-state index contributed by atoms with van der Waals surface area (Å²) in [7, 11) is 2.00. The lowest BCUT2D eigenvalue weighted by molar-refractivity contribution is -0.253. The van der Waals surface area contributed by atoms with Crippen LogP contribution in [0.1, 0.15) is 85.3 Å². The van der Waals surface area contributed by atoms with Gasteiger partial charge in [-0.25, -0.2) is 5.48 Å². The van der Waals surface area contributed by atoms with Crippen LogP contribution in [0, 0.1) is 0 Å². The number of nitrogens with zero attached hydrogens (tertiary/aromatic N) is 1. The van der Waals surface area contributed by atoms with Crippen molar-refractivity contribution in [1.82, 2.24) is 15.7 Å². The minimum absolute atomic E-state index is 0.0274. The van der Waals surface area contributed by atoms with E-state index in [2.05, 4.69) is 22.3 Å². The highest BCUT2D eigenvalue weighted by molar-refractivity contribution is 5.76. The van der Waals surface area contributed by atoms with E-state index >= 15 is 0 Å². The molecule has 4 aromatic rings. The van der Waals surface area contributed by atoms with Gasteiger partial charge in [-0.05, 0) is 72.3 Å². The molecule has 2 amide bonds. The molecule has 270 valence electrons. The summed E-state index contributed by atoms with van der Waals surface area (Å²) in [6, 6.07) is 33.5. The zero-order valence-corrected chi connectivity index (χ0v) is 29.3. The molecule has 0 bridgehead atoms. The first-order chi connectivity index (χ1) is 24.7. The molecule has 0 saturated carbocycles. The van der Waals surface area contributed by atoms with E-state index in [9.17, 15) is 19.8 Å². The van der Waals surface area contributed by atoms with Crippen molar-refractivity contribution in [2.24, 2.45) is 0 Å². The number of aliphatic hydroxyl groups excluding tert-OH is 2. The Bertz CT molecular complexity index is 1700. The van der Waals surface area contributed by atoms with Crippen molar-refractivity contribution in [2.45, 2.75) is 82.8 Å². The van der Waals surface area contributed by atoms with Crippen LogP contribution in [0.4, 0.5) is 0 Å². The molecule has 10 heteroatoms. The Morgan fingerprint density at radius 2 is 1.51 bits per heavy atom. The van der Waals surface area contributed by atoms with E-state index in [1.54, 1.807) is 5.48 Å². The Hall–Kier alpha value is -4.42. The Kier molecular flexibility index (Phi) is 13.9. The molecule has 5 N–H and O–H groups in total. The molecule has 0 spiro atoms. The van der Waals surface area contributed by atoms with Crippen LogP contribution >= 0.6 is 0 Å². The molecule has 0 radical (unpaired) electrons. The van der Waals surface area contributed by atoms with Gasteiger partial charge in [0.05, 0.1) is 24.9 Å². The predicted octanol–water partition coefficient (Wildman–Crippen LogP) is 6.13. The summed E-state index contributed by atoms with van der Waals surface area (Å²) in [5.74, 6) is -0.549. The number of hydrogen-bond donors (Lipinski definition) is 5. The Labute approximate surface area is 300 Å². The van der Waals surface area contributed by atoms with Crippen molar-refractivity contribution in [3.8, 4) is 11.1 Å². The first kappa shape index (κ1) is 37.8. The number of carbonyl (C=O) groups excluding carboxylic acids is 2. The molecular formula is C41H49N3O7. The van der Waals surface area contributed by atoms with Gasteiger partial charge in [-0.2, -0.15) is 0 Å². The molecule has 1 heterocycles. The number of hydrogen-bond acceptors (Lipinski definition) is 8. The smallest absolute Gasteiger partial charge is 0.243 e. The van der Waals surface area contributed by atoms with Gasteiger partial charge in [-0.1, -0.05) is 91.0 Å². The van der Waals surface area contributed by atoms with Crippen LogP contribution in [0.25, 0.3) is 11.1 Å². The first-order valence-corrected chi connectivity index (χ1v) is 17.6. The van der Waals surface area contributed by atoms with Crippen LogP contribution in [-0.2, 0) is 32.2 Å². The fourth-order valence-electron chi connectivity index (χ4n) is 6.33. The van der Waals surface area contributed by atoms with Gasteiger partial charge in [0.15, 0.2) is 6.29 Å². The molecular weight excluding hydrogens is 646 g/mol. The maximum Gasteiger partial charge on any atom is 0.243 e. The van der Waals surface area contributed by atoms with Crippen molar-refractivity contribution in [2.75, 3.05) is 13.6 Å². The zero-order valence-electron chi connectivity index (χ0n) is 29.3. The number of ether oxygens (including phenoxy) is 2. The van der Waals surface area contributed by atoms with Crippen LogP contribution in [0.15, 0.2) is 103 Å². The molecule has 4 aromatic carbocycles. The summed E-state index contributed by atoms with van der Waals surface area (Å²) in [6.07, 6.45) is 0.451. The number of likely N-dealkylation sites (N-methyl/N-ethyl adjacent to an activating group) is 1. The molecule has 1 saturated heterocycles. The van der Waals surface area contributed by atoms with E-state index in [1.165, 1.54) is 0 Å². The van der Waals surface area contributed by atoms with Crippen molar-refractivity contribution in [1.29, 1.82) is 0 Å². The van der Waals surface area contributed by atoms with Gasteiger partial charge in [0, 0.05) is 44.0 Å². The molecule has 1 fully saturated rings. The van der Waals surface area contributed by atoms with Crippen molar-refractivity contribution in [3.05, 3.63) is 131 Å². The number of aliphatic hydroxyl groups is 2. The highest BCUT2D eigenvalue weighted by Crippen LogP contribution is 2.39. The summed E-state index contributed by atoms with van der Waals surface area (Å²) in [6.45, 7) is 2.95. The third-order valence-electron chi connectivity index (χ3n) is 9.49. The topological polar surface area (TPSA) is 141 Å². The summed E-state index contributed by atoms with van der Waals surface area (Å²) in [4.78, 5) is 25.7. The lowest BCUT2D eigenvalue weighted by Gasteiger charge is -2.39. The van der Waals surface area contributed by atoms with Crippen molar-refractivity contribution in [3.63, 3.8) is 0 Å². The highest BCUT2D eigenvalue weighted by Gasteiger charge is 2.34. The second-order valence-corrected chi connectivity index (χ2v) is 13.2. The van der Waals surface area contributed by atoms with Gasteiger partial charge < -0.3 is 25.0 Å². The number of nitrogens with one attached hydrogen (secondary N) is 2. The number of benzene rings is 4. The van der Waals surface area contributed by atoms with E-state index in [0.717, 1.165) is 38.9 Å². The van der Waals surface area contributed by atoms with Crippen LogP contribution in [0.3, 0.4) is 0 Å². The molecule has 10 nitrogen and oxygen atoms in total. The second-order valence-electron chi connectivity index (χ2n) is 13.2. The van der Waals surface area contributed by atoms with E-state index in [0.29, 0.717) is 38.8 Å². The second kappa shape index (κ2) is 18.7. The van der Waals surface area contributed by atoms with Crippen LogP contribution < -0.4 is 10.8 Å². The molecule has 1 aliphatic rings. The van der Waals surface area contributed by atoms with E-state index in [-0.39, 0.29) is 37.2 Å². The van der Waals surface area contributed by atoms with Crippen molar-refractivity contribution < 1.29 is 34.5 Å². The lowest BCUT2D eigenvalue weighted by Crippen LogP contribution is -2.43. The summed E-state index contributed by atoms with van der Waals surface area (Å²) >= 11 is 0. The maximum atomic E-state index is 12.4. The molecule has 1 aliphatic heterocycles. The Morgan fingerprint density at radius 1 is 0.824 bits per heavy atom. The summed E-state index contributed by atoms with van der Waals surface area (Å²) in [5.41, 5.74) is 8.12. The molecule has 5 unspecified atom stereocenters. The molecule has 5 rings (SSSR count). The van der Waals surface area contributed by atoms with Crippen molar-refractivity contribution >= 4 is 11.8 Å². The van der Waals surface area contributed by atoms with Crippen LogP contribution in [0.2, 0.25) is 0 Å². The molecule has 0 aliphatic carbocycles. The monoisotopic (exact) mass is 695 g/mol. The lowest BCUT2D eigenvalue weighted by atomic mass is 9.97. The summed E-state index contributed by atoms with van der Waals surface area (Å²) in [5, 5.41) is 32.3. The van der Waals surface area contributed by atoms with Gasteiger partial charge >= 0.3 is 0 Å². The van der Waals surface area contributed by atoms with Crippen LogP contribution in [-0.4, -0.2) is 57.9 Å². The summed E-state index contributed by atoms with van der Waals surface area (Å²) < 4.78 is 13.3. The average Bonchev–Trinajstić information content (AvgIpc) is 3.18. The third-order valence-corrected chi connectivity index (χ3v) is 9.49. The quantitative estimate of drug-likeness (QED) is 0.0536. The zero-order chi connectivity index (χ0) is 36.2. The standard InChI is InChI=1S/C41H49N3O7/c1-28(40(48)32-11-4-3-5-12-32)44(2)26-36-24-37(31-20-18-29(27-45)19-21-31)51-41(50-36)35-15-9-14-34(23-35)33-13-8-10-30(22-33)25-42-38(46)16-6-7-17-39(47)43-49/h3-5,8-15,18-23,28,36-37,40-41,45,48-49H,6-7,16-17,24-27H2,1-2H3,(H,42,46)(H,43,47). The van der Waals surface area contributed by atoms with Gasteiger partial charge in [0.1, 0.15) is 0 Å². The predicted molar refractivity (Wildman–Crippen MR) is 194 cm³/mol. The molecule has 51 heavy (non-hydrogen) atoms. The van der Waals surface area contributed by atoms with Gasteiger partial charge in [0.25, 0.3) is 0 Å². The normalized spacial score (nSPS) is 18.6. The molecule has 5 atom stereocenters. The van der Waals surface area contributed by atoms with E-state index in [1.807, 2.05) is 105 Å². The first-order valence-electron chi connectivity index (χ1n) is 17.6. The minimum atomic E-state index is -0.651. The fourth-order valence-corrected chi connectivity index (χ4v) is 6.33. The average molecular weight is 696 g/mol. The fraction of sp³-hybridized carbons (Fsp3) is 0.366. The number of unbranched alkanes of at least 4 members (excludes halogenated alkanes) is 1. The number of hydroxylamine groups is 1. The Balaban J connectivity index is 1.28. The third kappa shape index (κ3) is 10.8. The SMILES string of the molecule is CC(C(O)c1ccccc1)N(C)CC1CC(c2ccc(CO)cc2)OC(c2cccc(-c3cccc(CNC(=O)CCCCC(=O)NO)c3)c2)O1. The van der Waals surface area contributed by atoms with E-state index < -0.39 is 18.3 Å². The minimum Gasteiger partial charge on any atom is -0.392 e. The maximum absolute atomic E-state index is 12.4. The molecule has 0 aromatic heterocycles. The largest absolute Gasteiger partial charge is 0.392 e. The highest BCUT2D eigenvalue weighted by atomic mass is 16.7.